The van der Waals surface area contributed by atoms with Gasteiger partial charge in [-0.2, -0.15) is 0 Å². The second-order valence-electron chi connectivity index (χ2n) is 4.96. The van der Waals surface area contributed by atoms with E-state index in [1.165, 1.54) is 11.1 Å². The second-order valence-corrected chi connectivity index (χ2v) is 4.96. The van der Waals surface area contributed by atoms with Crippen molar-refractivity contribution in [1.82, 2.24) is 0 Å². The Labute approximate surface area is 112 Å². The molecule has 0 saturated carbocycles. The zero-order valence-electron chi connectivity index (χ0n) is 12.2. The Morgan fingerprint density at radius 2 is 1.56 bits per heavy atom. The first-order valence-electron chi connectivity index (χ1n) is 7.00. The van der Waals surface area contributed by atoms with Gasteiger partial charge in [-0.15, -0.1) is 0 Å². The van der Waals surface area contributed by atoms with Crippen LogP contribution in [0, 0.1) is 0 Å². The first-order chi connectivity index (χ1) is 8.61. The number of rotatable bonds is 7. The summed E-state index contributed by atoms with van der Waals surface area (Å²) >= 11 is 0. The van der Waals surface area contributed by atoms with E-state index in [0.717, 1.165) is 25.7 Å². The molecule has 0 heterocycles. The number of nitrogens with two attached hydrogens (primary N) is 1. The number of hydrogen-bond donors (Lipinski definition) is 1. The van der Waals surface area contributed by atoms with Crippen molar-refractivity contribution in [2.24, 2.45) is 5.73 Å². The molecule has 1 aromatic rings. The molecular formula is C16H27NO. The minimum absolute atomic E-state index is 0.0463. The lowest BCUT2D eigenvalue weighted by atomic mass is 9.85. The minimum atomic E-state index is -0.191. The van der Waals surface area contributed by atoms with Gasteiger partial charge in [0, 0.05) is 13.2 Å². The van der Waals surface area contributed by atoms with E-state index < -0.39 is 0 Å². The van der Waals surface area contributed by atoms with E-state index >= 15 is 0 Å². The summed E-state index contributed by atoms with van der Waals surface area (Å²) in [6, 6.07) is 8.79. The lowest BCUT2D eigenvalue weighted by Gasteiger charge is -2.36. The van der Waals surface area contributed by atoms with Crippen LogP contribution in [0.15, 0.2) is 24.3 Å². The van der Waals surface area contributed by atoms with Crippen LogP contribution < -0.4 is 5.73 Å². The number of methoxy groups -OCH3 is 1. The molecule has 0 fully saturated rings. The fourth-order valence-electron chi connectivity index (χ4n) is 2.57. The summed E-state index contributed by atoms with van der Waals surface area (Å²) in [6.07, 6.45) is 3.86. The van der Waals surface area contributed by atoms with Gasteiger partial charge in [0.05, 0.1) is 5.60 Å². The van der Waals surface area contributed by atoms with Gasteiger partial charge in [0.25, 0.3) is 0 Å². The minimum Gasteiger partial charge on any atom is -0.377 e. The Morgan fingerprint density at radius 3 is 1.94 bits per heavy atom. The maximum absolute atomic E-state index is 6.36. The maximum Gasteiger partial charge on any atom is 0.0826 e. The standard InChI is InChI=1S/C16H27NO/c1-5-13-8-10-14(11-9-13)12-15(17)16(6-2,7-3)18-4/h8-11,15H,5-7,12,17H2,1-4H3. The van der Waals surface area contributed by atoms with Crippen LogP contribution in [0.5, 0.6) is 0 Å². The van der Waals surface area contributed by atoms with Crippen LogP contribution in [0.2, 0.25) is 0 Å². The summed E-state index contributed by atoms with van der Waals surface area (Å²) in [4.78, 5) is 0. The predicted molar refractivity (Wildman–Crippen MR) is 77.8 cm³/mol. The normalized spacial score (nSPS) is 13.6. The summed E-state index contributed by atoms with van der Waals surface area (Å²) in [6.45, 7) is 6.46. The highest BCUT2D eigenvalue weighted by molar-refractivity contribution is 5.23. The number of benzene rings is 1. The molecule has 1 unspecified atom stereocenters. The average molecular weight is 249 g/mol. The van der Waals surface area contributed by atoms with Gasteiger partial charge in [-0.3, -0.25) is 0 Å². The molecule has 18 heavy (non-hydrogen) atoms. The van der Waals surface area contributed by atoms with E-state index in [9.17, 15) is 0 Å². The van der Waals surface area contributed by atoms with Gasteiger partial charge in [0.2, 0.25) is 0 Å². The van der Waals surface area contributed by atoms with Gasteiger partial charge in [0.1, 0.15) is 0 Å². The molecule has 2 heteroatoms. The Bertz CT molecular complexity index is 332. The third-order valence-corrected chi connectivity index (χ3v) is 4.17. The molecular weight excluding hydrogens is 222 g/mol. The van der Waals surface area contributed by atoms with Crippen molar-refractivity contribution < 1.29 is 4.74 Å². The molecule has 1 atom stereocenters. The van der Waals surface area contributed by atoms with Crippen molar-refractivity contribution in [3.8, 4) is 0 Å². The van der Waals surface area contributed by atoms with Crippen molar-refractivity contribution in [2.45, 2.75) is 58.1 Å². The van der Waals surface area contributed by atoms with Gasteiger partial charge < -0.3 is 10.5 Å². The van der Waals surface area contributed by atoms with Crippen molar-refractivity contribution >= 4 is 0 Å². The third kappa shape index (κ3) is 3.33. The number of hydrogen-bond acceptors (Lipinski definition) is 2. The number of ether oxygens (including phenoxy) is 1. The van der Waals surface area contributed by atoms with Crippen molar-refractivity contribution in [3.63, 3.8) is 0 Å². The Kier molecular flexibility index (Phi) is 5.83. The smallest absolute Gasteiger partial charge is 0.0826 e. The highest BCUT2D eigenvalue weighted by atomic mass is 16.5. The molecule has 0 spiro atoms. The molecule has 1 rings (SSSR count). The third-order valence-electron chi connectivity index (χ3n) is 4.17. The van der Waals surface area contributed by atoms with Gasteiger partial charge in [0.15, 0.2) is 0 Å². The summed E-state index contributed by atoms with van der Waals surface area (Å²) in [5, 5.41) is 0. The van der Waals surface area contributed by atoms with Crippen molar-refractivity contribution in [2.75, 3.05) is 7.11 Å². The molecule has 0 aliphatic heterocycles. The van der Waals surface area contributed by atoms with E-state index in [0.29, 0.717) is 0 Å². The van der Waals surface area contributed by atoms with E-state index in [1.54, 1.807) is 7.11 Å². The van der Waals surface area contributed by atoms with Crippen LogP contribution in [0.1, 0.15) is 44.7 Å². The van der Waals surface area contributed by atoms with E-state index in [4.69, 9.17) is 10.5 Å². The predicted octanol–water partition coefficient (Wildman–Crippen LogP) is 3.32. The molecule has 0 aromatic heterocycles. The quantitative estimate of drug-likeness (QED) is 0.804. The van der Waals surface area contributed by atoms with Gasteiger partial charge in [-0.1, -0.05) is 45.0 Å². The number of aryl methyl sites for hydroxylation is 1. The molecule has 1 aromatic carbocycles. The summed E-state index contributed by atoms with van der Waals surface area (Å²) < 4.78 is 5.69. The molecule has 0 bridgehead atoms. The van der Waals surface area contributed by atoms with E-state index in [-0.39, 0.29) is 11.6 Å². The first kappa shape index (κ1) is 15.2. The van der Waals surface area contributed by atoms with Crippen LogP contribution >= 0.6 is 0 Å². The zero-order valence-corrected chi connectivity index (χ0v) is 12.2. The molecule has 2 N–H and O–H groups in total. The molecule has 102 valence electrons. The van der Waals surface area contributed by atoms with Crippen molar-refractivity contribution in [3.05, 3.63) is 35.4 Å². The topological polar surface area (TPSA) is 35.2 Å². The molecule has 0 saturated heterocycles. The fraction of sp³-hybridized carbons (Fsp3) is 0.625. The molecule has 0 aliphatic rings. The second kappa shape index (κ2) is 6.91. The SMILES string of the molecule is CCc1ccc(CC(N)C(CC)(CC)OC)cc1. The lowest BCUT2D eigenvalue weighted by Crippen LogP contribution is -2.50. The van der Waals surface area contributed by atoms with Crippen molar-refractivity contribution in [1.29, 1.82) is 0 Å². The van der Waals surface area contributed by atoms with Crippen LogP contribution in [-0.2, 0) is 17.6 Å². The van der Waals surface area contributed by atoms with Crippen LogP contribution in [0.4, 0.5) is 0 Å². The van der Waals surface area contributed by atoms with Gasteiger partial charge >= 0.3 is 0 Å². The van der Waals surface area contributed by atoms with E-state index in [2.05, 4.69) is 45.0 Å². The lowest BCUT2D eigenvalue weighted by molar-refractivity contribution is -0.0374. The van der Waals surface area contributed by atoms with Gasteiger partial charge in [-0.05, 0) is 36.8 Å². The Balaban J connectivity index is 2.75. The molecule has 0 amide bonds. The van der Waals surface area contributed by atoms with E-state index in [1.807, 2.05) is 0 Å². The Morgan fingerprint density at radius 1 is 1.06 bits per heavy atom. The summed E-state index contributed by atoms with van der Waals surface area (Å²) in [7, 11) is 1.77. The zero-order chi connectivity index (χ0) is 13.6. The molecule has 0 aliphatic carbocycles. The first-order valence-corrected chi connectivity index (χ1v) is 7.00. The van der Waals surface area contributed by atoms with Gasteiger partial charge in [-0.25, -0.2) is 0 Å². The van der Waals surface area contributed by atoms with Crippen LogP contribution in [0.3, 0.4) is 0 Å². The monoisotopic (exact) mass is 249 g/mol. The largest absolute Gasteiger partial charge is 0.377 e. The maximum atomic E-state index is 6.36. The molecule has 0 radical (unpaired) electrons. The summed E-state index contributed by atoms with van der Waals surface area (Å²) in [5.41, 5.74) is 8.84. The van der Waals surface area contributed by atoms with Crippen LogP contribution in [-0.4, -0.2) is 18.8 Å². The fourth-order valence-corrected chi connectivity index (χ4v) is 2.57. The average Bonchev–Trinajstić information content (AvgIpc) is 2.42. The summed E-state index contributed by atoms with van der Waals surface area (Å²) in [5.74, 6) is 0. The highest BCUT2D eigenvalue weighted by Crippen LogP contribution is 2.25. The Hall–Kier alpha value is -0.860. The molecule has 2 nitrogen and oxygen atoms in total. The highest BCUT2D eigenvalue weighted by Gasteiger charge is 2.33. The van der Waals surface area contributed by atoms with Crippen LogP contribution in [0.25, 0.3) is 0 Å².